The first-order valence-electron chi connectivity index (χ1n) is 5.01. The van der Waals surface area contributed by atoms with Crippen LogP contribution in [0.1, 0.15) is 11.3 Å². The fourth-order valence-corrected chi connectivity index (χ4v) is 2.74. The second kappa shape index (κ2) is 3.61. The Morgan fingerprint density at radius 2 is 2.25 bits per heavy atom. The van der Waals surface area contributed by atoms with Crippen LogP contribution >= 0.6 is 11.3 Å². The molecule has 78 valence electrons. The molecule has 0 saturated carbocycles. The molecule has 1 N–H and O–H groups in total. The summed E-state index contributed by atoms with van der Waals surface area (Å²) in [5.41, 5.74) is 3.04. The molecule has 1 aromatic carbocycles. The van der Waals surface area contributed by atoms with Gasteiger partial charge in [0.05, 0.1) is 12.0 Å². The van der Waals surface area contributed by atoms with E-state index in [0.29, 0.717) is 0 Å². The summed E-state index contributed by atoms with van der Waals surface area (Å²) in [6.07, 6.45) is 3.55. The lowest BCUT2D eigenvalue weighted by molar-refractivity contribution is 1.30. The standard InChI is InChI=1S/C13H10N2S/c1-9(12-7-14-8-15-12)11-4-2-3-10-5-6-16-13(10)11/h2-8H,1H2,(H,14,15). The molecule has 16 heavy (non-hydrogen) atoms. The Kier molecular flexibility index (Phi) is 2.11. The third-order valence-corrected chi connectivity index (χ3v) is 3.57. The Balaban J connectivity index is 2.19. The van der Waals surface area contributed by atoms with Crippen LogP contribution in [0.5, 0.6) is 0 Å². The highest BCUT2D eigenvalue weighted by atomic mass is 32.1. The number of nitrogens with one attached hydrogen (secondary N) is 1. The monoisotopic (exact) mass is 226 g/mol. The average molecular weight is 226 g/mol. The third-order valence-electron chi connectivity index (χ3n) is 2.61. The predicted octanol–water partition coefficient (Wildman–Crippen LogP) is 3.69. The molecule has 2 heterocycles. The van der Waals surface area contributed by atoms with Gasteiger partial charge in [-0.1, -0.05) is 24.8 Å². The number of fused-ring (bicyclic) bond motifs is 1. The highest BCUT2D eigenvalue weighted by Gasteiger charge is 2.08. The summed E-state index contributed by atoms with van der Waals surface area (Å²) >= 11 is 1.74. The number of hydrogen-bond acceptors (Lipinski definition) is 2. The van der Waals surface area contributed by atoms with Gasteiger partial charge in [0, 0.05) is 22.0 Å². The zero-order chi connectivity index (χ0) is 11.0. The first kappa shape index (κ1) is 9.36. The molecule has 2 nitrogen and oxygen atoms in total. The quantitative estimate of drug-likeness (QED) is 0.709. The van der Waals surface area contributed by atoms with Crippen molar-refractivity contribution in [3.63, 3.8) is 0 Å². The fourth-order valence-electron chi connectivity index (χ4n) is 1.79. The van der Waals surface area contributed by atoms with Gasteiger partial charge in [-0.25, -0.2) is 4.98 Å². The van der Waals surface area contributed by atoms with E-state index in [9.17, 15) is 0 Å². The van der Waals surface area contributed by atoms with E-state index in [1.54, 1.807) is 17.7 Å². The van der Waals surface area contributed by atoms with Gasteiger partial charge in [-0.3, -0.25) is 0 Å². The number of aromatic amines is 1. The molecule has 0 unspecified atom stereocenters. The largest absolute Gasteiger partial charge is 0.351 e. The van der Waals surface area contributed by atoms with Gasteiger partial charge < -0.3 is 4.98 Å². The zero-order valence-electron chi connectivity index (χ0n) is 8.60. The lowest BCUT2D eigenvalue weighted by Crippen LogP contribution is -1.85. The number of hydrogen-bond donors (Lipinski definition) is 1. The van der Waals surface area contributed by atoms with Crippen molar-refractivity contribution in [2.45, 2.75) is 0 Å². The number of rotatable bonds is 2. The molecule has 0 bridgehead atoms. The minimum Gasteiger partial charge on any atom is -0.351 e. The Morgan fingerprint density at radius 1 is 1.31 bits per heavy atom. The van der Waals surface area contributed by atoms with E-state index >= 15 is 0 Å². The first-order chi connectivity index (χ1) is 7.86. The minimum atomic E-state index is 0.904. The zero-order valence-corrected chi connectivity index (χ0v) is 9.42. The van der Waals surface area contributed by atoms with Gasteiger partial charge in [0.2, 0.25) is 0 Å². The molecule has 3 aromatic rings. The van der Waals surface area contributed by atoms with E-state index in [4.69, 9.17) is 0 Å². The van der Waals surface area contributed by atoms with Gasteiger partial charge in [-0.05, 0) is 16.8 Å². The maximum atomic E-state index is 4.23. The van der Waals surface area contributed by atoms with Crippen LogP contribution in [0.4, 0.5) is 0 Å². The van der Waals surface area contributed by atoms with Gasteiger partial charge >= 0.3 is 0 Å². The van der Waals surface area contributed by atoms with Crippen molar-refractivity contribution in [3.8, 4) is 0 Å². The van der Waals surface area contributed by atoms with Gasteiger partial charge in [0.15, 0.2) is 0 Å². The number of imidazole rings is 1. The van der Waals surface area contributed by atoms with Crippen LogP contribution in [0, 0.1) is 0 Å². The molecule has 0 spiro atoms. The van der Waals surface area contributed by atoms with Gasteiger partial charge in [-0.15, -0.1) is 11.3 Å². The lowest BCUT2D eigenvalue weighted by Gasteiger charge is -2.03. The number of aromatic nitrogens is 2. The third kappa shape index (κ3) is 1.37. The van der Waals surface area contributed by atoms with E-state index in [1.807, 2.05) is 6.20 Å². The average Bonchev–Trinajstić information content (AvgIpc) is 2.98. The molecule has 0 aliphatic rings. The fraction of sp³-hybridized carbons (Fsp3) is 0. The molecule has 2 aromatic heterocycles. The molecule has 0 amide bonds. The second-order valence-electron chi connectivity index (χ2n) is 3.58. The Hall–Kier alpha value is -1.87. The maximum Gasteiger partial charge on any atom is 0.0927 e. The molecule has 0 atom stereocenters. The van der Waals surface area contributed by atoms with Crippen molar-refractivity contribution in [1.82, 2.24) is 9.97 Å². The van der Waals surface area contributed by atoms with Crippen molar-refractivity contribution < 1.29 is 0 Å². The Bertz CT molecular complexity index is 635. The topological polar surface area (TPSA) is 28.7 Å². The highest BCUT2D eigenvalue weighted by molar-refractivity contribution is 7.17. The smallest absolute Gasteiger partial charge is 0.0927 e. The molecule has 0 saturated heterocycles. The van der Waals surface area contributed by atoms with Crippen LogP contribution in [0.2, 0.25) is 0 Å². The maximum absolute atomic E-state index is 4.23. The van der Waals surface area contributed by atoms with Crippen LogP contribution in [0.15, 0.2) is 48.7 Å². The SMILES string of the molecule is C=C(c1c[nH]cn1)c1cccc2ccsc12. The summed E-state index contributed by atoms with van der Waals surface area (Å²) in [4.78, 5) is 7.19. The lowest BCUT2D eigenvalue weighted by atomic mass is 10.0. The molecule has 0 fully saturated rings. The van der Waals surface area contributed by atoms with E-state index in [-0.39, 0.29) is 0 Å². The molecular weight excluding hydrogens is 216 g/mol. The van der Waals surface area contributed by atoms with Gasteiger partial charge in [0.25, 0.3) is 0 Å². The van der Waals surface area contributed by atoms with E-state index < -0.39 is 0 Å². The van der Waals surface area contributed by atoms with Crippen LogP contribution < -0.4 is 0 Å². The minimum absolute atomic E-state index is 0.904. The normalized spacial score (nSPS) is 10.8. The van der Waals surface area contributed by atoms with Gasteiger partial charge in [-0.2, -0.15) is 0 Å². The van der Waals surface area contributed by atoms with E-state index in [0.717, 1.165) is 11.3 Å². The van der Waals surface area contributed by atoms with E-state index in [1.165, 1.54) is 15.6 Å². The second-order valence-corrected chi connectivity index (χ2v) is 4.49. The number of H-pyrrole nitrogens is 1. The predicted molar refractivity (Wildman–Crippen MR) is 68.5 cm³/mol. The van der Waals surface area contributed by atoms with Crippen molar-refractivity contribution in [2.75, 3.05) is 0 Å². The molecule has 3 rings (SSSR count). The van der Waals surface area contributed by atoms with Crippen LogP contribution in [0.3, 0.4) is 0 Å². The number of thiophene rings is 1. The van der Waals surface area contributed by atoms with Crippen LogP contribution in [0.25, 0.3) is 15.7 Å². The summed E-state index contributed by atoms with van der Waals surface area (Å²) in [5.74, 6) is 0. The Morgan fingerprint density at radius 3 is 3.06 bits per heavy atom. The number of nitrogens with zero attached hydrogens (tertiary/aromatic N) is 1. The molecule has 0 radical (unpaired) electrons. The summed E-state index contributed by atoms with van der Waals surface area (Å²) in [6, 6.07) is 8.40. The molecule has 0 aliphatic carbocycles. The Labute approximate surface area is 97.3 Å². The van der Waals surface area contributed by atoms with Crippen LogP contribution in [-0.2, 0) is 0 Å². The van der Waals surface area contributed by atoms with Crippen LogP contribution in [-0.4, -0.2) is 9.97 Å². The van der Waals surface area contributed by atoms with Crippen molar-refractivity contribution in [1.29, 1.82) is 0 Å². The number of benzene rings is 1. The highest BCUT2D eigenvalue weighted by Crippen LogP contribution is 2.31. The summed E-state index contributed by atoms with van der Waals surface area (Å²) in [7, 11) is 0. The van der Waals surface area contributed by atoms with Crippen molar-refractivity contribution in [2.24, 2.45) is 0 Å². The van der Waals surface area contributed by atoms with Gasteiger partial charge in [0.1, 0.15) is 0 Å². The molecule has 0 aliphatic heterocycles. The van der Waals surface area contributed by atoms with Crippen molar-refractivity contribution in [3.05, 3.63) is 60.0 Å². The van der Waals surface area contributed by atoms with E-state index in [2.05, 4.69) is 46.2 Å². The summed E-state index contributed by atoms with van der Waals surface area (Å²) < 4.78 is 1.27. The molecular formula is C13H10N2S. The molecule has 3 heteroatoms. The van der Waals surface area contributed by atoms with Crippen molar-refractivity contribution >= 4 is 27.0 Å². The summed E-state index contributed by atoms with van der Waals surface area (Å²) in [5, 5.41) is 3.37. The summed E-state index contributed by atoms with van der Waals surface area (Å²) in [6.45, 7) is 4.12. The first-order valence-corrected chi connectivity index (χ1v) is 5.89.